The molecule has 0 unspecified atom stereocenters. The Morgan fingerprint density at radius 3 is 1.42 bits per heavy atom. The molecular formula is C62H46N2. The maximum Gasteiger partial charge on any atom is 0.160 e. The van der Waals surface area contributed by atoms with Gasteiger partial charge in [-0.05, 0) is 113 Å². The lowest BCUT2D eigenvalue weighted by atomic mass is 9.81. The van der Waals surface area contributed by atoms with Crippen molar-refractivity contribution in [3.8, 4) is 89.5 Å². The van der Waals surface area contributed by atoms with Crippen molar-refractivity contribution < 1.29 is 0 Å². The Labute approximate surface area is 375 Å². The molecule has 0 radical (unpaired) electrons. The van der Waals surface area contributed by atoms with Crippen LogP contribution in [0.25, 0.3) is 100 Å². The minimum absolute atomic E-state index is 0.147. The summed E-state index contributed by atoms with van der Waals surface area (Å²) in [7, 11) is 0. The Kier molecular flexibility index (Phi) is 8.58. The molecule has 0 aliphatic heterocycles. The summed E-state index contributed by atoms with van der Waals surface area (Å²) >= 11 is 0. The molecule has 9 aromatic carbocycles. The molecule has 1 aromatic heterocycles. The van der Waals surface area contributed by atoms with Crippen LogP contribution in [0.15, 0.2) is 206 Å². The first-order valence-electron chi connectivity index (χ1n) is 22.4. The average molecular weight is 819 g/mol. The number of hydrogen-bond acceptors (Lipinski definition) is 2. The Balaban J connectivity index is 1.03. The Bertz CT molecular complexity index is 3490. The zero-order valence-electron chi connectivity index (χ0n) is 36.5. The molecule has 0 amide bonds. The maximum atomic E-state index is 5.41. The van der Waals surface area contributed by atoms with Crippen molar-refractivity contribution in [2.24, 2.45) is 0 Å². The van der Waals surface area contributed by atoms with E-state index in [-0.39, 0.29) is 10.8 Å². The summed E-state index contributed by atoms with van der Waals surface area (Å²) in [5, 5.41) is 2.53. The molecular weight excluding hydrogens is 773 g/mol. The predicted octanol–water partition coefficient (Wildman–Crippen LogP) is 16.2. The van der Waals surface area contributed by atoms with E-state index in [4.69, 9.17) is 9.97 Å². The lowest BCUT2D eigenvalue weighted by Crippen LogP contribution is -2.15. The van der Waals surface area contributed by atoms with Crippen molar-refractivity contribution in [3.05, 3.63) is 229 Å². The first-order valence-corrected chi connectivity index (χ1v) is 22.4. The molecule has 10 aromatic rings. The van der Waals surface area contributed by atoms with Crippen LogP contribution in [0.5, 0.6) is 0 Å². The highest BCUT2D eigenvalue weighted by Crippen LogP contribution is 2.55. The number of nitrogens with zero attached hydrogens (tertiary/aromatic N) is 2. The van der Waals surface area contributed by atoms with Gasteiger partial charge < -0.3 is 0 Å². The van der Waals surface area contributed by atoms with Crippen LogP contribution in [-0.2, 0) is 10.8 Å². The molecule has 0 fully saturated rings. The zero-order chi connectivity index (χ0) is 43.2. The summed E-state index contributed by atoms with van der Waals surface area (Å²) in [6.45, 7) is 9.47. The molecule has 2 aliphatic carbocycles. The van der Waals surface area contributed by atoms with Crippen LogP contribution in [0.4, 0.5) is 0 Å². The van der Waals surface area contributed by atoms with Gasteiger partial charge in [0.1, 0.15) is 0 Å². The third-order valence-corrected chi connectivity index (χ3v) is 14.1. The van der Waals surface area contributed by atoms with E-state index in [2.05, 4.69) is 228 Å². The van der Waals surface area contributed by atoms with Crippen molar-refractivity contribution in [1.29, 1.82) is 0 Å². The Morgan fingerprint density at radius 2 is 0.766 bits per heavy atom. The first-order chi connectivity index (χ1) is 31.3. The van der Waals surface area contributed by atoms with Gasteiger partial charge in [-0.25, -0.2) is 9.97 Å². The van der Waals surface area contributed by atoms with Crippen LogP contribution in [0.1, 0.15) is 49.9 Å². The van der Waals surface area contributed by atoms with Gasteiger partial charge in [0, 0.05) is 27.5 Å². The van der Waals surface area contributed by atoms with Crippen LogP contribution in [0.3, 0.4) is 0 Å². The molecule has 2 heteroatoms. The highest BCUT2D eigenvalue weighted by atomic mass is 14.9. The zero-order valence-corrected chi connectivity index (χ0v) is 36.5. The van der Waals surface area contributed by atoms with E-state index in [9.17, 15) is 0 Å². The van der Waals surface area contributed by atoms with Crippen LogP contribution >= 0.6 is 0 Å². The number of hydrogen-bond donors (Lipinski definition) is 0. The number of rotatable bonds is 6. The van der Waals surface area contributed by atoms with Gasteiger partial charge in [-0.3, -0.25) is 0 Å². The topological polar surface area (TPSA) is 25.8 Å². The van der Waals surface area contributed by atoms with Gasteiger partial charge in [0.15, 0.2) is 5.82 Å². The standard InChI is InChI=1S/C62H46N2/c1-61(2)52-31-17-29-45(39-19-7-5-8-20-39)58(52)50-34-33-43(37-54(50)61)44-25-13-15-27-47(44)56-38-57(64-60(63-56)40-21-9-6-10-22-40)48-28-16-14-26-46(48)49-30-18-32-53-59(49)51-35-41-23-11-12-24-42(41)36-55(51)62(53,3)4/h5-38H,1-4H3. The summed E-state index contributed by atoms with van der Waals surface area (Å²) in [5.74, 6) is 0.702. The summed E-state index contributed by atoms with van der Waals surface area (Å²) in [5.41, 5.74) is 22.5. The SMILES string of the molecule is CC1(C)c2cc(-c3ccccc3-c3cc(-c4ccccc4-c4cccc5c4-c4cc6ccccc6cc4C5(C)C)nc(-c4ccccc4)n3)ccc2-c2c(-c3ccccc3)cccc21. The molecule has 2 nitrogen and oxygen atoms in total. The van der Waals surface area contributed by atoms with E-state index in [0.29, 0.717) is 5.82 Å². The molecule has 0 bridgehead atoms. The monoisotopic (exact) mass is 818 g/mol. The van der Waals surface area contributed by atoms with Crippen LogP contribution in [-0.4, -0.2) is 9.97 Å². The fourth-order valence-corrected chi connectivity index (χ4v) is 10.8. The minimum atomic E-state index is -0.173. The van der Waals surface area contributed by atoms with E-state index in [1.165, 1.54) is 77.5 Å². The molecule has 12 rings (SSSR count). The lowest BCUT2D eigenvalue weighted by Gasteiger charge is -2.22. The maximum absolute atomic E-state index is 5.41. The molecule has 64 heavy (non-hydrogen) atoms. The van der Waals surface area contributed by atoms with Gasteiger partial charge in [0.05, 0.1) is 11.4 Å². The van der Waals surface area contributed by atoms with Gasteiger partial charge >= 0.3 is 0 Å². The van der Waals surface area contributed by atoms with Gasteiger partial charge in [0.2, 0.25) is 0 Å². The normalized spacial score (nSPS) is 13.9. The molecule has 0 spiro atoms. The largest absolute Gasteiger partial charge is 0.228 e. The summed E-state index contributed by atoms with van der Waals surface area (Å²) in [4.78, 5) is 10.8. The van der Waals surface area contributed by atoms with Crippen molar-refractivity contribution >= 4 is 10.8 Å². The Hall–Kier alpha value is -7.68. The highest BCUT2D eigenvalue weighted by molar-refractivity contribution is 6.01. The molecule has 0 N–H and O–H groups in total. The number of benzene rings is 9. The molecule has 0 saturated heterocycles. The fraction of sp³-hybridized carbons (Fsp3) is 0.0968. The highest BCUT2D eigenvalue weighted by Gasteiger charge is 2.39. The van der Waals surface area contributed by atoms with Crippen LogP contribution in [0.2, 0.25) is 0 Å². The third kappa shape index (κ3) is 5.86. The second-order valence-electron chi connectivity index (χ2n) is 18.5. The predicted molar refractivity (Wildman–Crippen MR) is 267 cm³/mol. The molecule has 304 valence electrons. The lowest BCUT2D eigenvalue weighted by molar-refractivity contribution is 0.660. The number of aromatic nitrogens is 2. The molecule has 1 heterocycles. The molecule has 0 atom stereocenters. The van der Waals surface area contributed by atoms with Gasteiger partial charge in [-0.1, -0.05) is 210 Å². The number of fused-ring (bicyclic) bond motifs is 7. The van der Waals surface area contributed by atoms with Gasteiger partial charge in [-0.15, -0.1) is 0 Å². The average Bonchev–Trinajstić information content (AvgIpc) is 3.72. The van der Waals surface area contributed by atoms with Crippen molar-refractivity contribution in [2.45, 2.75) is 38.5 Å². The minimum Gasteiger partial charge on any atom is -0.228 e. The van der Waals surface area contributed by atoms with Crippen molar-refractivity contribution in [1.82, 2.24) is 9.97 Å². The van der Waals surface area contributed by atoms with Gasteiger partial charge in [0.25, 0.3) is 0 Å². The third-order valence-electron chi connectivity index (χ3n) is 14.1. The van der Waals surface area contributed by atoms with Crippen molar-refractivity contribution in [3.63, 3.8) is 0 Å². The van der Waals surface area contributed by atoms with Gasteiger partial charge in [-0.2, -0.15) is 0 Å². The second-order valence-corrected chi connectivity index (χ2v) is 18.5. The molecule has 2 aliphatic rings. The van der Waals surface area contributed by atoms with Crippen molar-refractivity contribution in [2.75, 3.05) is 0 Å². The van der Waals surface area contributed by atoms with E-state index < -0.39 is 0 Å². The first kappa shape index (κ1) is 38.0. The van der Waals surface area contributed by atoms with E-state index in [1.807, 2.05) is 6.07 Å². The van der Waals surface area contributed by atoms with Crippen LogP contribution in [0, 0.1) is 0 Å². The smallest absolute Gasteiger partial charge is 0.160 e. The van der Waals surface area contributed by atoms with E-state index >= 15 is 0 Å². The fourth-order valence-electron chi connectivity index (χ4n) is 10.8. The van der Waals surface area contributed by atoms with E-state index in [1.54, 1.807) is 0 Å². The summed E-state index contributed by atoms with van der Waals surface area (Å²) in [6, 6.07) is 75.2. The summed E-state index contributed by atoms with van der Waals surface area (Å²) in [6.07, 6.45) is 0. The van der Waals surface area contributed by atoms with Crippen LogP contribution < -0.4 is 0 Å². The Morgan fingerprint density at radius 1 is 0.281 bits per heavy atom. The quantitative estimate of drug-likeness (QED) is 0.167. The molecule has 0 saturated carbocycles. The second kappa shape index (κ2) is 14.4. The van der Waals surface area contributed by atoms with E-state index in [0.717, 1.165) is 39.2 Å². The summed E-state index contributed by atoms with van der Waals surface area (Å²) < 4.78 is 0.